The van der Waals surface area contributed by atoms with Gasteiger partial charge in [0.1, 0.15) is 0 Å². The number of hydrogen-bond donors (Lipinski definition) is 0. The highest BCUT2D eigenvalue weighted by atomic mass is 79.9. The standard InChI is InChI=1S/C15H19BrO2/c1-15(14(17)18-2,11-5-3-4-6-11)12-7-9-13(16)10-8-12/h7-11H,3-6H2,1-2H3/t15-/m1/s1. The number of halogens is 1. The average molecular weight is 311 g/mol. The van der Waals surface area contributed by atoms with Crippen LogP contribution in [0.15, 0.2) is 28.7 Å². The molecule has 0 radical (unpaired) electrons. The summed E-state index contributed by atoms with van der Waals surface area (Å²) in [6.07, 6.45) is 4.66. The second-order valence-corrected chi connectivity index (χ2v) is 6.10. The summed E-state index contributed by atoms with van der Waals surface area (Å²) in [4.78, 5) is 12.3. The van der Waals surface area contributed by atoms with E-state index in [0.717, 1.165) is 22.9 Å². The highest BCUT2D eigenvalue weighted by Gasteiger charge is 2.44. The molecule has 2 rings (SSSR count). The first-order valence-corrected chi connectivity index (χ1v) is 7.23. The summed E-state index contributed by atoms with van der Waals surface area (Å²) in [6.45, 7) is 2.03. The summed E-state index contributed by atoms with van der Waals surface area (Å²) in [6, 6.07) is 8.04. The van der Waals surface area contributed by atoms with Crippen molar-refractivity contribution in [3.05, 3.63) is 34.3 Å². The first-order chi connectivity index (χ1) is 8.59. The van der Waals surface area contributed by atoms with Crippen LogP contribution in [0.4, 0.5) is 0 Å². The van der Waals surface area contributed by atoms with Gasteiger partial charge in [0.15, 0.2) is 0 Å². The Hall–Kier alpha value is -0.830. The summed E-state index contributed by atoms with van der Waals surface area (Å²) in [5.74, 6) is 0.280. The van der Waals surface area contributed by atoms with Crippen LogP contribution in [0.5, 0.6) is 0 Å². The van der Waals surface area contributed by atoms with Crippen molar-refractivity contribution in [1.29, 1.82) is 0 Å². The normalized spacial score (nSPS) is 19.5. The van der Waals surface area contributed by atoms with Crippen molar-refractivity contribution in [2.45, 2.75) is 38.0 Å². The SMILES string of the molecule is COC(=O)[C@@](C)(c1ccc(Br)cc1)C1CCCC1. The predicted molar refractivity (Wildman–Crippen MR) is 75.5 cm³/mol. The fourth-order valence-electron chi connectivity index (χ4n) is 3.03. The minimum Gasteiger partial charge on any atom is -0.468 e. The van der Waals surface area contributed by atoms with Gasteiger partial charge in [-0.15, -0.1) is 0 Å². The molecule has 1 fully saturated rings. The van der Waals surface area contributed by atoms with Crippen LogP contribution in [0.25, 0.3) is 0 Å². The molecule has 0 aromatic heterocycles. The van der Waals surface area contributed by atoms with E-state index < -0.39 is 5.41 Å². The Balaban J connectivity index is 2.40. The topological polar surface area (TPSA) is 26.3 Å². The van der Waals surface area contributed by atoms with Gasteiger partial charge in [0.2, 0.25) is 0 Å². The van der Waals surface area contributed by atoms with Crippen LogP contribution >= 0.6 is 15.9 Å². The molecule has 98 valence electrons. The number of carbonyl (C=O) groups excluding carboxylic acids is 1. The van der Waals surface area contributed by atoms with Crippen molar-refractivity contribution in [3.63, 3.8) is 0 Å². The van der Waals surface area contributed by atoms with Crippen molar-refractivity contribution >= 4 is 21.9 Å². The van der Waals surface area contributed by atoms with Crippen molar-refractivity contribution in [2.75, 3.05) is 7.11 Å². The van der Waals surface area contributed by atoms with Crippen molar-refractivity contribution in [3.8, 4) is 0 Å². The first kappa shape index (κ1) is 13.6. The number of esters is 1. The Morgan fingerprint density at radius 1 is 1.28 bits per heavy atom. The van der Waals surface area contributed by atoms with E-state index in [-0.39, 0.29) is 5.97 Å². The molecule has 0 bridgehead atoms. The van der Waals surface area contributed by atoms with Gasteiger partial charge in [0.05, 0.1) is 12.5 Å². The molecule has 1 aliphatic carbocycles. The zero-order valence-electron chi connectivity index (χ0n) is 10.9. The number of carbonyl (C=O) groups is 1. The molecule has 0 aliphatic heterocycles. The van der Waals surface area contributed by atoms with Crippen molar-refractivity contribution < 1.29 is 9.53 Å². The predicted octanol–water partition coefficient (Wildman–Crippen LogP) is 4.07. The summed E-state index contributed by atoms with van der Waals surface area (Å²) in [5.41, 5.74) is 0.552. The zero-order valence-corrected chi connectivity index (χ0v) is 12.5. The third kappa shape index (κ3) is 2.33. The monoisotopic (exact) mass is 310 g/mol. The molecular formula is C15H19BrO2. The molecule has 18 heavy (non-hydrogen) atoms. The summed E-state index contributed by atoms with van der Waals surface area (Å²) in [7, 11) is 1.48. The third-order valence-corrected chi connectivity index (χ3v) is 4.75. The summed E-state index contributed by atoms with van der Waals surface area (Å²) in [5, 5.41) is 0. The average Bonchev–Trinajstić information content (AvgIpc) is 2.92. The molecule has 3 heteroatoms. The van der Waals surface area contributed by atoms with Gasteiger partial charge in [0, 0.05) is 4.47 Å². The highest BCUT2D eigenvalue weighted by Crippen LogP contribution is 2.43. The summed E-state index contributed by atoms with van der Waals surface area (Å²) >= 11 is 3.43. The lowest BCUT2D eigenvalue weighted by molar-refractivity contribution is -0.149. The Labute approximate surface area is 117 Å². The van der Waals surface area contributed by atoms with E-state index in [1.807, 2.05) is 31.2 Å². The number of benzene rings is 1. The summed E-state index contributed by atoms with van der Waals surface area (Å²) < 4.78 is 6.09. The maximum atomic E-state index is 12.3. The fourth-order valence-corrected chi connectivity index (χ4v) is 3.30. The van der Waals surface area contributed by atoms with Gasteiger partial charge in [-0.1, -0.05) is 40.9 Å². The molecule has 0 heterocycles. The molecule has 0 amide bonds. The van der Waals surface area contributed by atoms with Gasteiger partial charge < -0.3 is 4.74 Å². The van der Waals surface area contributed by atoms with E-state index in [2.05, 4.69) is 15.9 Å². The van der Waals surface area contributed by atoms with Gasteiger partial charge in [-0.05, 0) is 43.4 Å². The van der Waals surface area contributed by atoms with Crippen LogP contribution in [0.3, 0.4) is 0 Å². The van der Waals surface area contributed by atoms with Crippen LogP contribution in [-0.4, -0.2) is 13.1 Å². The second-order valence-electron chi connectivity index (χ2n) is 5.18. The van der Waals surface area contributed by atoms with E-state index in [1.165, 1.54) is 20.0 Å². The first-order valence-electron chi connectivity index (χ1n) is 6.43. The van der Waals surface area contributed by atoms with Crippen LogP contribution in [0, 0.1) is 5.92 Å². The van der Waals surface area contributed by atoms with Crippen molar-refractivity contribution in [1.82, 2.24) is 0 Å². The quantitative estimate of drug-likeness (QED) is 0.787. The minimum absolute atomic E-state index is 0.114. The fraction of sp³-hybridized carbons (Fsp3) is 0.533. The van der Waals surface area contributed by atoms with Gasteiger partial charge in [-0.3, -0.25) is 4.79 Å². The third-order valence-electron chi connectivity index (χ3n) is 4.23. The van der Waals surface area contributed by atoms with Crippen LogP contribution in [0.2, 0.25) is 0 Å². The molecule has 1 aromatic rings. The Morgan fingerprint density at radius 3 is 2.33 bits per heavy atom. The number of rotatable bonds is 3. The number of hydrogen-bond acceptors (Lipinski definition) is 2. The van der Waals surface area contributed by atoms with Crippen LogP contribution in [-0.2, 0) is 14.9 Å². The van der Waals surface area contributed by atoms with Gasteiger partial charge in [-0.25, -0.2) is 0 Å². The van der Waals surface area contributed by atoms with E-state index in [4.69, 9.17) is 4.74 Å². The Morgan fingerprint density at radius 2 is 1.83 bits per heavy atom. The highest BCUT2D eigenvalue weighted by molar-refractivity contribution is 9.10. The lowest BCUT2D eigenvalue weighted by Gasteiger charge is -2.33. The van der Waals surface area contributed by atoms with E-state index in [9.17, 15) is 4.79 Å². The van der Waals surface area contributed by atoms with Crippen LogP contribution < -0.4 is 0 Å². The van der Waals surface area contributed by atoms with Gasteiger partial charge in [0.25, 0.3) is 0 Å². The zero-order chi connectivity index (χ0) is 13.2. The smallest absolute Gasteiger partial charge is 0.316 e. The van der Waals surface area contributed by atoms with Gasteiger partial charge in [-0.2, -0.15) is 0 Å². The Kier molecular flexibility index (Phi) is 4.10. The number of ether oxygens (including phenoxy) is 1. The molecule has 0 unspecified atom stereocenters. The van der Waals surface area contributed by atoms with Crippen molar-refractivity contribution in [2.24, 2.45) is 5.92 Å². The molecule has 1 saturated carbocycles. The number of methoxy groups -OCH3 is 1. The maximum Gasteiger partial charge on any atom is 0.316 e. The lowest BCUT2D eigenvalue weighted by Crippen LogP contribution is -2.40. The molecular weight excluding hydrogens is 292 g/mol. The Bertz CT molecular complexity index is 421. The van der Waals surface area contributed by atoms with E-state index >= 15 is 0 Å². The minimum atomic E-state index is -0.508. The molecule has 1 aromatic carbocycles. The molecule has 0 spiro atoms. The molecule has 0 N–H and O–H groups in total. The largest absolute Gasteiger partial charge is 0.468 e. The lowest BCUT2D eigenvalue weighted by atomic mass is 9.71. The second kappa shape index (κ2) is 5.43. The van der Waals surface area contributed by atoms with E-state index in [0.29, 0.717) is 5.92 Å². The molecule has 0 saturated heterocycles. The van der Waals surface area contributed by atoms with Crippen LogP contribution in [0.1, 0.15) is 38.2 Å². The van der Waals surface area contributed by atoms with Gasteiger partial charge >= 0.3 is 5.97 Å². The molecule has 2 nitrogen and oxygen atoms in total. The molecule has 1 atom stereocenters. The van der Waals surface area contributed by atoms with E-state index in [1.54, 1.807) is 0 Å². The maximum absolute atomic E-state index is 12.3. The molecule has 1 aliphatic rings.